The van der Waals surface area contributed by atoms with Crippen molar-refractivity contribution in [3.05, 3.63) is 30.1 Å². The molecule has 2 heterocycles. The Labute approximate surface area is 121 Å². The molecule has 5 heteroatoms. The van der Waals surface area contributed by atoms with Gasteiger partial charge in [-0.3, -0.25) is 14.8 Å². The molecule has 0 spiro atoms. The molecule has 1 aromatic rings. The highest BCUT2D eigenvalue weighted by molar-refractivity contribution is 5.09. The maximum absolute atomic E-state index is 9.88. The van der Waals surface area contributed by atoms with Crippen LogP contribution in [0.5, 0.6) is 0 Å². The number of hydrogen-bond acceptors (Lipinski definition) is 5. The highest BCUT2D eigenvalue weighted by Gasteiger charge is 2.27. The van der Waals surface area contributed by atoms with E-state index in [9.17, 15) is 5.11 Å². The molecule has 0 aromatic carbocycles. The van der Waals surface area contributed by atoms with Crippen LogP contribution in [0.4, 0.5) is 0 Å². The first-order valence-corrected chi connectivity index (χ1v) is 7.29. The van der Waals surface area contributed by atoms with Gasteiger partial charge in [0.15, 0.2) is 0 Å². The molecule has 1 unspecified atom stereocenters. The lowest BCUT2D eigenvalue weighted by Gasteiger charge is -2.40. The van der Waals surface area contributed by atoms with Crippen molar-refractivity contribution in [2.24, 2.45) is 5.73 Å². The van der Waals surface area contributed by atoms with E-state index in [1.807, 2.05) is 38.2 Å². The topological polar surface area (TPSA) is 65.6 Å². The summed E-state index contributed by atoms with van der Waals surface area (Å²) in [4.78, 5) is 9.13. The summed E-state index contributed by atoms with van der Waals surface area (Å²) in [5.74, 6) is 0. The van der Waals surface area contributed by atoms with Crippen LogP contribution in [-0.4, -0.2) is 64.8 Å². The molecule has 1 aliphatic rings. The molecule has 5 nitrogen and oxygen atoms in total. The van der Waals surface area contributed by atoms with Gasteiger partial charge >= 0.3 is 0 Å². The molecule has 2 rings (SSSR count). The zero-order valence-electron chi connectivity index (χ0n) is 12.5. The van der Waals surface area contributed by atoms with Crippen molar-refractivity contribution in [2.75, 3.05) is 39.3 Å². The molecule has 1 fully saturated rings. The third kappa shape index (κ3) is 4.24. The summed E-state index contributed by atoms with van der Waals surface area (Å²) >= 11 is 0. The fourth-order valence-electron chi connectivity index (χ4n) is 2.81. The average Bonchev–Trinajstić information content (AvgIpc) is 2.41. The van der Waals surface area contributed by atoms with Gasteiger partial charge in [0.25, 0.3) is 0 Å². The molecule has 0 amide bonds. The van der Waals surface area contributed by atoms with Crippen LogP contribution in [0.2, 0.25) is 0 Å². The summed E-state index contributed by atoms with van der Waals surface area (Å²) in [7, 11) is 0. The molecule has 0 bridgehead atoms. The van der Waals surface area contributed by atoms with Gasteiger partial charge in [-0.2, -0.15) is 0 Å². The first-order valence-electron chi connectivity index (χ1n) is 7.29. The van der Waals surface area contributed by atoms with Gasteiger partial charge in [-0.15, -0.1) is 0 Å². The molecule has 1 atom stereocenters. The van der Waals surface area contributed by atoms with E-state index in [4.69, 9.17) is 5.73 Å². The van der Waals surface area contributed by atoms with Crippen molar-refractivity contribution in [2.45, 2.75) is 25.5 Å². The van der Waals surface area contributed by atoms with Gasteiger partial charge in [0.05, 0.1) is 17.3 Å². The number of pyridine rings is 1. The van der Waals surface area contributed by atoms with Gasteiger partial charge in [-0.25, -0.2) is 0 Å². The number of piperazine rings is 1. The monoisotopic (exact) mass is 278 g/mol. The number of rotatable bonds is 5. The largest absolute Gasteiger partial charge is 0.389 e. The van der Waals surface area contributed by atoms with Crippen molar-refractivity contribution in [3.63, 3.8) is 0 Å². The van der Waals surface area contributed by atoms with Gasteiger partial charge in [-0.1, -0.05) is 6.07 Å². The van der Waals surface area contributed by atoms with Crippen molar-refractivity contribution in [1.82, 2.24) is 14.8 Å². The Morgan fingerprint density at radius 1 is 1.30 bits per heavy atom. The summed E-state index contributed by atoms with van der Waals surface area (Å²) in [5.41, 5.74) is 6.36. The first-order chi connectivity index (χ1) is 9.49. The van der Waals surface area contributed by atoms with E-state index in [0.29, 0.717) is 6.54 Å². The van der Waals surface area contributed by atoms with Crippen molar-refractivity contribution < 1.29 is 5.11 Å². The van der Waals surface area contributed by atoms with E-state index in [2.05, 4.69) is 14.8 Å². The Morgan fingerprint density at radius 2 is 2.00 bits per heavy atom. The number of aliphatic hydroxyl groups is 1. The zero-order chi connectivity index (χ0) is 14.6. The Kier molecular flexibility index (Phi) is 5.10. The van der Waals surface area contributed by atoms with E-state index < -0.39 is 5.60 Å². The molecule has 0 radical (unpaired) electrons. The first kappa shape index (κ1) is 15.4. The number of β-amino-alcohol motifs (C(OH)–C–C–N with tert-alkyl or cyclic N) is 1. The molecule has 0 aliphatic carbocycles. The predicted octanol–water partition coefficient (Wildman–Crippen LogP) is 0.470. The van der Waals surface area contributed by atoms with Crippen LogP contribution in [0.15, 0.2) is 24.4 Å². The van der Waals surface area contributed by atoms with Crippen LogP contribution in [0.3, 0.4) is 0 Å². The summed E-state index contributed by atoms with van der Waals surface area (Å²) in [6.45, 7) is 8.88. The molecule has 20 heavy (non-hydrogen) atoms. The maximum atomic E-state index is 9.88. The van der Waals surface area contributed by atoms with E-state index in [1.54, 1.807) is 0 Å². The van der Waals surface area contributed by atoms with Crippen LogP contribution < -0.4 is 5.73 Å². The Bertz CT molecular complexity index is 396. The van der Waals surface area contributed by atoms with E-state index in [1.165, 1.54) is 0 Å². The highest BCUT2D eigenvalue weighted by Crippen LogP contribution is 2.19. The van der Waals surface area contributed by atoms with E-state index in [-0.39, 0.29) is 6.04 Å². The minimum atomic E-state index is -0.629. The van der Waals surface area contributed by atoms with Crippen LogP contribution in [0.25, 0.3) is 0 Å². The van der Waals surface area contributed by atoms with Gasteiger partial charge < -0.3 is 10.8 Å². The van der Waals surface area contributed by atoms with E-state index in [0.717, 1.165) is 38.4 Å². The summed E-state index contributed by atoms with van der Waals surface area (Å²) in [6.07, 6.45) is 1.82. The minimum absolute atomic E-state index is 0.195. The molecule has 1 aromatic heterocycles. The van der Waals surface area contributed by atoms with Crippen molar-refractivity contribution in [3.8, 4) is 0 Å². The highest BCUT2D eigenvalue weighted by atomic mass is 16.3. The quantitative estimate of drug-likeness (QED) is 0.819. The molecule has 1 saturated heterocycles. The van der Waals surface area contributed by atoms with Crippen LogP contribution in [0, 0.1) is 0 Å². The SMILES string of the molecule is CC(C)(O)CN1CCN(C(CN)c2ccccn2)CC1. The Hall–Kier alpha value is -1.01. The van der Waals surface area contributed by atoms with Crippen LogP contribution >= 0.6 is 0 Å². The smallest absolute Gasteiger partial charge is 0.0718 e. The molecule has 1 aliphatic heterocycles. The summed E-state index contributed by atoms with van der Waals surface area (Å²) in [6, 6.07) is 6.18. The third-order valence-corrected chi connectivity index (χ3v) is 3.71. The summed E-state index contributed by atoms with van der Waals surface area (Å²) < 4.78 is 0. The van der Waals surface area contributed by atoms with Crippen molar-refractivity contribution >= 4 is 0 Å². The second kappa shape index (κ2) is 6.63. The van der Waals surface area contributed by atoms with Gasteiger partial charge in [0.2, 0.25) is 0 Å². The van der Waals surface area contributed by atoms with Crippen molar-refractivity contribution in [1.29, 1.82) is 0 Å². The normalized spacial score (nSPS) is 20.0. The second-order valence-electron chi connectivity index (χ2n) is 6.13. The number of nitrogens with zero attached hydrogens (tertiary/aromatic N) is 3. The van der Waals surface area contributed by atoms with Crippen LogP contribution in [-0.2, 0) is 0 Å². The lowest BCUT2D eigenvalue weighted by Crippen LogP contribution is -2.52. The van der Waals surface area contributed by atoms with Crippen LogP contribution in [0.1, 0.15) is 25.6 Å². The lowest BCUT2D eigenvalue weighted by atomic mass is 10.1. The van der Waals surface area contributed by atoms with E-state index >= 15 is 0 Å². The minimum Gasteiger partial charge on any atom is -0.389 e. The number of hydrogen-bond donors (Lipinski definition) is 2. The molecular weight excluding hydrogens is 252 g/mol. The summed E-state index contributed by atoms with van der Waals surface area (Å²) in [5, 5.41) is 9.88. The number of nitrogens with two attached hydrogens (primary N) is 1. The maximum Gasteiger partial charge on any atom is 0.0718 e. The fraction of sp³-hybridized carbons (Fsp3) is 0.667. The molecule has 0 saturated carbocycles. The Balaban J connectivity index is 1.92. The van der Waals surface area contributed by atoms with Gasteiger partial charge in [0, 0.05) is 45.5 Å². The molecule has 112 valence electrons. The fourth-order valence-corrected chi connectivity index (χ4v) is 2.81. The average molecular weight is 278 g/mol. The lowest BCUT2D eigenvalue weighted by molar-refractivity contribution is 0.0110. The number of aromatic nitrogens is 1. The Morgan fingerprint density at radius 3 is 2.50 bits per heavy atom. The predicted molar refractivity (Wildman–Crippen MR) is 80.3 cm³/mol. The van der Waals surface area contributed by atoms with Gasteiger partial charge in [0.1, 0.15) is 0 Å². The van der Waals surface area contributed by atoms with Gasteiger partial charge in [-0.05, 0) is 26.0 Å². The zero-order valence-corrected chi connectivity index (χ0v) is 12.5. The third-order valence-electron chi connectivity index (χ3n) is 3.71. The second-order valence-corrected chi connectivity index (χ2v) is 6.13. The molecular formula is C15H26N4O. The standard InChI is InChI=1S/C15H26N4O/c1-15(2,20)12-18-7-9-19(10-8-18)14(11-16)13-5-3-4-6-17-13/h3-6,14,20H,7-12,16H2,1-2H3. The molecule has 3 N–H and O–H groups in total.